The van der Waals surface area contributed by atoms with E-state index in [0.29, 0.717) is 24.9 Å². The summed E-state index contributed by atoms with van der Waals surface area (Å²) < 4.78 is 4.60. The van der Waals surface area contributed by atoms with Crippen LogP contribution in [-0.2, 0) is 4.74 Å². The van der Waals surface area contributed by atoms with E-state index in [1.54, 1.807) is 4.90 Å². The molecule has 0 aromatic heterocycles. The molecule has 1 aliphatic rings. The number of nitrogens with zero attached hydrogens (tertiary/aromatic N) is 2. The highest BCUT2D eigenvalue weighted by atomic mass is 16.6. The van der Waals surface area contributed by atoms with E-state index in [1.165, 1.54) is 19.2 Å². The van der Waals surface area contributed by atoms with Crippen molar-refractivity contribution in [1.29, 1.82) is 0 Å². The van der Waals surface area contributed by atoms with E-state index in [4.69, 9.17) is 0 Å². The molecule has 7 heteroatoms. The first kappa shape index (κ1) is 16.9. The molecule has 124 valence electrons. The maximum Gasteiger partial charge on any atom is 0.338 e. The van der Waals surface area contributed by atoms with Crippen molar-refractivity contribution in [2.24, 2.45) is 11.8 Å². The van der Waals surface area contributed by atoms with Crippen LogP contribution in [0.4, 0.5) is 5.69 Å². The van der Waals surface area contributed by atoms with Crippen molar-refractivity contribution in [3.8, 4) is 0 Å². The van der Waals surface area contributed by atoms with Gasteiger partial charge in [0.2, 0.25) is 0 Å². The molecule has 23 heavy (non-hydrogen) atoms. The molecule has 0 aliphatic carbocycles. The summed E-state index contributed by atoms with van der Waals surface area (Å²) in [4.78, 5) is 36.5. The number of piperidine rings is 1. The van der Waals surface area contributed by atoms with Crippen LogP contribution in [0.1, 0.15) is 41.0 Å². The first-order valence-electron chi connectivity index (χ1n) is 7.49. The molecule has 2 unspecified atom stereocenters. The molecule has 0 N–H and O–H groups in total. The second-order valence-electron chi connectivity index (χ2n) is 6.17. The van der Waals surface area contributed by atoms with Crippen molar-refractivity contribution in [2.45, 2.75) is 20.3 Å². The van der Waals surface area contributed by atoms with E-state index >= 15 is 0 Å². The average Bonchev–Trinajstić information content (AvgIpc) is 2.51. The van der Waals surface area contributed by atoms with Gasteiger partial charge < -0.3 is 9.64 Å². The van der Waals surface area contributed by atoms with Gasteiger partial charge in [0.15, 0.2) is 0 Å². The minimum absolute atomic E-state index is 0.00292. The lowest BCUT2D eigenvalue weighted by molar-refractivity contribution is -0.384. The molecule has 1 aromatic rings. The zero-order chi connectivity index (χ0) is 17.1. The van der Waals surface area contributed by atoms with Crippen LogP contribution in [0.25, 0.3) is 0 Å². The Morgan fingerprint density at radius 1 is 1.17 bits per heavy atom. The number of amides is 1. The number of esters is 1. The predicted octanol–water partition coefficient (Wildman–Crippen LogP) is 2.50. The topological polar surface area (TPSA) is 89.8 Å². The zero-order valence-electron chi connectivity index (χ0n) is 13.4. The van der Waals surface area contributed by atoms with Crippen molar-refractivity contribution in [3.63, 3.8) is 0 Å². The van der Waals surface area contributed by atoms with E-state index in [0.717, 1.165) is 12.5 Å². The van der Waals surface area contributed by atoms with E-state index in [-0.39, 0.29) is 22.7 Å². The standard InChI is InChI=1S/C16H20N2O5/c1-10-4-11(2)9-17(8-10)15(19)12-5-13(16(20)23-3)7-14(6-12)18(21)22/h5-7,10-11H,4,8-9H2,1-3H3. The largest absolute Gasteiger partial charge is 0.465 e. The molecule has 2 rings (SSSR count). The number of hydrogen-bond acceptors (Lipinski definition) is 5. The molecule has 7 nitrogen and oxygen atoms in total. The first-order chi connectivity index (χ1) is 10.8. The van der Waals surface area contributed by atoms with E-state index in [1.807, 2.05) is 0 Å². The molecule has 1 fully saturated rings. The summed E-state index contributed by atoms with van der Waals surface area (Å²) in [6.45, 7) is 5.37. The number of likely N-dealkylation sites (tertiary alicyclic amines) is 1. The second-order valence-corrected chi connectivity index (χ2v) is 6.17. The molecule has 0 radical (unpaired) electrons. The van der Waals surface area contributed by atoms with Crippen molar-refractivity contribution >= 4 is 17.6 Å². The van der Waals surface area contributed by atoms with Gasteiger partial charge in [-0.2, -0.15) is 0 Å². The lowest BCUT2D eigenvalue weighted by Gasteiger charge is -2.35. The summed E-state index contributed by atoms with van der Waals surface area (Å²) in [5, 5.41) is 11.0. The number of benzene rings is 1. The van der Waals surface area contributed by atoms with E-state index in [9.17, 15) is 19.7 Å². The molecule has 1 aliphatic heterocycles. The fourth-order valence-electron chi connectivity index (χ4n) is 3.09. The Morgan fingerprint density at radius 3 is 2.26 bits per heavy atom. The van der Waals surface area contributed by atoms with Crippen LogP contribution in [0.3, 0.4) is 0 Å². The smallest absolute Gasteiger partial charge is 0.338 e. The predicted molar refractivity (Wildman–Crippen MR) is 83.3 cm³/mol. The van der Waals surface area contributed by atoms with Crippen molar-refractivity contribution in [3.05, 3.63) is 39.4 Å². The van der Waals surface area contributed by atoms with E-state index < -0.39 is 10.9 Å². The molecule has 1 aromatic carbocycles. The van der Waals surface area contributed by atoms with Crippen LogP contribution in [-0.4, -0.2) is 41.9 Å². The van der Waals surface area contributed by atoms with Crippen molar-refractivity contribution in [1.82, 2.24) is 4.90 Å². The third kappa shape index (κ3) is 3.85. The monoisotopic (exact) mass is 320 g/mol. The summed E-state index contributed by atoms with van der Waals surface area (Å²) >= 11 is 0. The average molecular weight is 320 g/mol. The number of rotatable bonds is 3. The Bertz CT molecular complexity index is 633. The van der Waals surface area contributed by atoms with Gasteiger partial charge in [-0.3, -0.25) is 14.9 Å². The summed E-state index contributed by atoms with van der Waals surface area (Å²) in [5.74, 6) is -0.247. The lowest BCUT2D eigenvalue weighted by atomic mass is 9.91. The highest BCUT2D eigenvalue weighted by molar-refractivity contribution is 5.99. The van der Waals surface area contributed by atoms with Crippen molar-refractivity contribution < 1.29 is 19.2 Å². The summed E-state index contributed by atoms with van der Waals surface area (Å²) in [5.41, 5.74) is -0.154. The fraction of sp³-hybridized carbons (Fsp3) is 0.500. The van der Waals surface area contributed by atoms with Gasteiger partial charge in [0.1, 0.15) is 0 Å². The number of carbonyl (C=O) groups excluding carboxylic acids is 2. The minimum atomic E-state index is -0.705. The number of methoxy groups -OCH3 is 1. The molecular weight excluding hydrogens is 300 g/mol. The van der Waals surface area contributed by atoms with Crippen LogP contribution in [0.5, 0.6) is 0 Å². The maximum atomic E-state index is 12.7. The molecule has 1 amide bonds. The number of ether oxygens (including phenoxy) is 1. The van der Waals surface area contributed by atoms with Crippen LogP contribution < -0.4 is 0 Å². The highest BCUT2D eigenvalue weighted by Crippen LogP contribution is 2.24. The Kier molecular flexibility index (Phi) is 4.98. The molecule has 0 bridgehead atoms. The normalized spacial score (nSPS) is 20.9. The minimum Gasteiger partial charge on any atom is -0.465 e. The molecule has 0 saturated carbocycles. The molecular formula is C16H20N2O5. The van der Waals surface area contributed by atoms with Gasteiger partial charge in [-0.25, -0.2) is 4.79 Å². The van der Waals surface area contributed by atoms with Crippen molar-refractivity contribution in [2.75, 3.05) is 20.2 Å². The molecule has 1 heterocycles. The highest BCUT2D eigenvalue weighted by Gasteiger charge is 2.28. The van der Waals surface area contributed by atoms with Gasteiger partial charge in [-0.05, 0) is 24.3 Å². The Morgan fingerprint density at radius 2 is 1.74 bits per heavy atom. The first-order valence-corrected chi connectivity index (χ1v) is 7.49. The SMILES string of the molecule is COC(=O)c1cc(C(=O)N2CC(C)CC(C)C2)cc([N+](=O)[O-])c1. The second kappa shape index (κ2) is 6.76. The Balaban J connectivity index is 2.37. The summed E-state index contributed by atoms with van der Waals surface area (Å²) in [6.07, 6.45) is 1.05. The van der Waals surface area contributed by atoms with Crippen LogP contribution >= 0.6 is 0 Å². The number of carbonyl (C=O) groups is 2. The number of hydrogen-bond donors (Lipinski definition) is 0. The van der Waals surface area contributed by atoms with Gasteiger partial charge in [0.25, 0.3) is 11.6 Å². The zero-order valence-corrected chi connectivity index (χ0v) is 13.4. The van der Waals surface area contributed by atoms with Gasteiger partial charge in [-0.1, -0.05) is 13.8 Å². The third-order valence-corrected chi connectivity index (χ3v) is 3.95. The van der Waals surface area contributed by atoms with Gasteiger partial charge in [0, 0.05) is 30.8 Å². The number of nitro groups is 1. The van der Waals surface area contributed by atoms with Gasteiger partial charge >= 0.3 is 5.97 Å². The van der Waals surface area contributed by atoms with Crippen LogP contribution in [0.15, 0.2) is 18.2 Å². The Hall–Kier alpha value is -2.44. The molecule has 1 saturated heterocycles. The van der Waals surface area contributed by atoms with Crippen LogP contribution in [0, 0.1) is 22.0 Å². The maximum absolute atomic E-state index is 12.7. The third-order valence-electron chi connectivity index (χ3n) is 3.95. The summed E-state index contributed by atoms with van der Waals surface area (Å²) in [7, 11) is 1.19. The van der Waals surface area contributed by atoms with Gasteiger partial charge in [-0.15, -0.1) is 0 Å². The lowest BCUT2D eigenvalue weighted by Crippen LogP contribution is -2.42. The van der Waals surface area contributed by atoms with Crippen LogP contribution in [0.2, 0.25) is 0 Å². The fourth-order valence-corrected chi connectivity index (χ4v) is 3.09. The molecule has 0 spiro atoms. The summed E-state index contributed by atoms with van der Waals surface area (Å²) in [6, 6.07) is 3.67. The van der Waals surface area contributed by atoms with Gasteiger partial charge in [0.05, 0.1) is 17.6 Å². The quantitative estimate of drug-likeness (QED) is 0.485. The Labute approximate surface area is 134 Å². The number of nitro benzene ring substituents is 1. The van der Waals surface area contributed by atoms with E-state index in [2.05, 4.69) is 18.6 Å². The molecule has 2 atom stereocenters. The number of non-ortho nitro benzene ring substituents is 1.